The lowest BCUT2D eigenvalue weighted by atomic mass is 10.1. The minimum Gasteiger partial charge on any atom is -0.392 e. The molecule has 22 heavy (non-hydrogen) atoms. The van der Waals surface area contributed by atoms with Crippen LogP contribution in [0.2, 0.25) is 0 Å². The Kier molecular flexibility index (Phi) is 5.53. The van der Waals surface area contributed by atoms with Crippen LogP contribution < -0.4 is 5.32 Å². The maximum atomic E-state index is 13.3. The third-order valence-electron chi connectivity index (χ3n) is 4.59. The molecule has 1 aliphatic heterocycles. The summed E-state index contributed by atoms with van der Waals surface area (Å²) in [7, 11) is 0. The third-order valence-corrected chi connectivity index (χ3v) is 4.59. The fourth-order valence-electron chi connectivity index (χ4n) is 3.31. The van der Waals surface area contributed by atoms with Gasteiger partial charge >= 0.3 is 0 Å². The minimum absolute atomic E-state index is 0.0181. The molecular formula is C17H25FN2O2. The topological polar surface area (TPSA) is 52.6 Å². The van der Waals surface area contributed by atoms with E-state index in [9.17, 15) is 9.18 Å². The molecule has 0 bridgehead atoms. The van der Waals surface area contributed by atoms with Gasteiger partial charge in [-0.1, -0.05) is 6.07 Å². The lowest BCUT2D eigenvalue weighted by molar-refractivity contribution is -0.127. The van der Waals surface area contributed by atoms with E-state index in [-0.39, 0.29) is 24.1 Å². The van der Waals surface area contributed by atoms with Gasteiger partial charge < -0.3 is 10.4 Å². The van der Waals surface area contributed by atoms with Crippen LogP contribution in [0, 0.1) is 5.82 Å². The maximum Gasteiger partial charge on any atom is 0.237 e. The molecule has 2 N–H and O–H groups in total. The number of aliphatic hydroxyl groups is 1. The number of halogens is 1. The first kappa shape index (κ1) is 16.9. The molecule has 0 spiro atoms. The van der Waals surface area contributed by atoms with E-state index in [0.29, 0.717) is 18.6 Å². The van der Waals surface area contributed by atoms with Crippen molar-refractivity contribution in [3.63, 3.8) is 0 Å². The number of carbonyl (C=O) groups excluding carboxylic acids is 1. The maximum absolute atomic E-state index is 13.3. The molecular weight excluding hydrogens is 283 g/mol. The molecule has 1 heterocycles. The van der Waals surface area contributed by atoms with Crippen LogP contribution in [0.3, 0.4) is 0 Å². The number of hydrogen-bond donors (Lipinski definition) is 2. The molecule has 3 atom stereocenters. The minimum atomic E-state index is -0.425. The van der Waals surface area contributed by atoms with Crippen molar-refractivity contribution in [1.29, 1.82) is 0 Å². The molecule has 0 radical (unpaired) electrons. The predicted molar refractivity (Wildman–Crippen MR) is 83.6 cm³/mol. The zero-order valence-electron chi connectivity index (χ0n) is 13.5. The lowest BCUT2D eigenvalue weighted by Gasteiger charge is -2.31. The SMILES string of the molecule is C[C@@H]1CC[C@H](C)N1[C@H](C)C(=O)NCc1ccc(F)c(CO)c1. The van der Waals surface area contributed by atoms with Crippen molar-refractivity contribution in [2.75, 3.05) is 0 Å². The van der Waals surface area contributed by atoms with E-state index in [0.717, 1.165) is 18.4 Å². The van der Waals surface area contributed by atoms with E-state index < -0.39 is 5.82 Å². The Labute approximate surface area is 131 Å². The van der Waals surface area contributed by atoms with Crippen molar-refractivity contribution in [1.82, 2.24) is 10.2 Å². The number of benzene rings is 1. The van der Waals surface area contributed by atoms with Crippen LogP contribution in [0.1, 0.15) is 44.7 Å². The number of likely N-dealkylation sites (tertiary alicyclic amines) is 1. The Morgan fingerprint density at radius 3 is 2.64 bits per heavy atom. The summed E-state index contributed by atoms with van der Waals surface area (Å²) in [6, 6.07) is 5.19. The van der Waals surface area contributed by atoms with Crippen molar-refractivity contribution in [3.05, 3.63) is 35.1 Å². The summed E-state index contributed by atoms with van der Waals surface area (Å²) in [6.07, 6.45) is 2.24. The average Bonchev–Trinajstić information content (AvgIpc) is 2.84. The molecule has 0 aromatic heterocycles. The van der Waals surface area contributed by atoms with Crippen LogP contribution in [-0.4, -0.2) is 34.0 Å². The molecule has 122 valence electrons. The highest BCUT2D eigenvalue weighted by Gasteiger charge is 2.34. The smallest absolute Gasteiger partial charge is 0.237 e. The number of nitrogens with one attached hydrogen (secondary N) is 1. The zero-order valence-corrected chi connectivity index (χ0v) is 13.5. The molecule has 1 saturated heterocycles. The summed E-state index contributed by atoms with van der Waals surface area (Å²) in [5, 5.41) is 12.0. The fraction of sp³-hybridized carbons (Fsp3) is 0.588. The molecule has 1 amide bonds. The summed E-state index contributed by atoms with van der Waals surface area (Å²) in [6.45, 7) is 6.24. The molecule has 4 nitrogen and oxygen atoms in total. The van der Waals surface area contributed by atoms with E-state index in [4.69, 9.17) is 5.11 Å². The first-order chi connectivity index (χ1) is 10.4. The molecule has 2 rings (SSSR count). The number of rotatable bonds is 5. The van der Waals surface area contributed by atoms with Crippen LogP contribution in [0.5, 0.6) is 0 Å². The van der Waals surface area contributed by atoms with Crippen LogP contribution in [0.4, 0.5) is 4.39 Å². The summed E-state index contributed by atoms with van der Waals surface area (Å²) in [5.74, 6) is -0.443. The standard InChI is InChI=1S/C17H25FN2O2/c1-11-4-5-12(2)20(11)13(3)17(22)19-9-14-6-7-16(18)15(8-14)10-21/h6-8,11-13,21H,4-5,9-10H2,1-3H3,(H,19,22)/t11-,12+,13-/m1/s1. The average molecular weight is 308 g/mol. The van der Waals surface area contributed by atoms with Gasteiger partial charge in [-0.3, -0.25) is 9.69 Å². The van der Waals surface area contributed by atoms with Crippen LogP contribution in [0.25, 0.3) is 0 Å². The first-order valence-electron chi connectivity index (χ1n) is 7.87. The van der Waals surface area contributed by atoms with E-state index in [2.05, 4.69) is 24.1 Å². The molecule has 1 aromatic rings. The van der Waals surface area contributed by atoms with Crippen LogP contribution in [0.15, 0.2) is 18.2 Å². The van der Waals surface area contributed by atoms with Crippen LogP contribution in [-0.2, 0) is 17.9 Å². The van der Waals surface area contributed by atoms with Gasteiger partial charge in [0.25, 0.3) is 0 Å². The number of aliphatic hydroxyl groups excluding tert-OH is 1. The van der Waals surface area contributed by atoms with Gasteiger partial charge in [-0.25, -0.2) is 4.39 Å². The number of amides is 1. The molecule has 0 unspecified atom stereocenters. The number of hydrogen-bond acceptors (Lipinski definition) is 3. The highest BCUT2D eigenvalue weighted by atomic mass is 19.1. The highest BCUT2D eigenvalue weighted by Crippen LogP contribution is 2.25. The number of nitrogens with zero attached hydrogens (tertiary/aromatic N) is 1. The Bertz CT molecular complexity index is 525. The summed E-state index contributed by atoms with van der Waals surface area (Å²) < 4.78 is 13.3. The van der Waals surface area contributed by atoms with Crippen molar-refractivity contribution < 1.29 is 14.3 Å². The Hall–Kier alpha value is -1.46. The third kappa shape index (κ3) is 3.65. The van der Waals surface area contributed by atoms with E-state index in [1.54, 1.807) is 12.1 Å². The van der Waals surface area contributed by atoms with Gasteiger partial charge in [-0.05, 0) is 51.3 Å². The van der Waals surface area contributed by atoms with Gasteiger partial charge in [0.15, 0.2) is 0 Å². The highest BCUT2D eigenvalue weighted by molar-refractivity contribution is 5.81. The molecule has 1 aliphatic rings. The largest absolute Gasteiger partial charge is 0.392 e. The second kappa shape index (κ2) is 7.20. The Morgan fingerprint density at radius 1 is 1.41 bits per heavy atom. The summed E-state index contributed by atoms with van der Waals surface area (Å²) in [5.41, 5.74) is 1.04. The second-order valence-corrected chi connectivity index (χ2v) is 6.20. The molecule has 1 aromatic carbocycles. The normalized spacial score (nSPS) is 23.5. The van der Waals surface area contributed by atoms with Gasteiger partial charge in [-0.15, -0.1) is 0 Å². The fourth-order valence-corrected chi connectivity index (χ4v) is 3.31. The second-order valence-electron chi connectivity index (χ2n) is 6.20. The summed E-state index contributed by atoms with van der Waals surface area (Å²) in [4.78, 5) is 14.6. The quantitative estimate of drug-likeness (QED) is 0.877. The van der Waals surface area contributed by atoms with Gasteiger partial charge in [-0.2, -0.15) is 0 Å². The Morgan fingerprint density at radius 2 is 2.05 bits per heavy atom. The van der Waals surface area contributed by atoms with Crippen molar-refractivity contribution in [2.24, 2.45) is 0 Å². The van der Waals surface area contributed by atoms with Gasteiger partial charge in [0.2, 0.25) is 5.91 Å². The van der Waals surface area contributed by atoms with Gasteiger partial charge in [0.1, 0.15) is 5.82 Å². The monoisotopic (exact) mass is 308 g/mol. The van der Waals surface area contributed by atoms with E-state index >= 15 is 0 Å². The number of carbonyl (C=O) groups is 1. The van der Waals surface area contributed by atoms with Crippen LogP contribution >= 0.6 is 0 Å². The van der Waals surface area contributed by atoms with E-state index in [1.807, 2.05) is 6.92 Å². The van der Waals surface area contributed by atoms with Gasteiger partial charge in [0.05, 0.1) is 12.6 Å². The molecule has 5 heteroatoms. The Balaban J connectivity index is 1.95. The summed E-state index contributed by atoms with van der Waals surface area (Å²) >= 11 is 0. The first-order valence-corrected chi connectivity index (χ1v) is 7.87. The molecule has 1 fully saturated rings. The zero-order chi connectivity index (χ0) is 16.3. The molecule has 0 aliphatic carbocycles. The van der Waals surface area contributed by atoms with Gasteiger partial charge in [0, 0.05) is 24.2 Å². The van der Waals surface area contributed by atoms with Crippen molar-refractivity contribution in [3.8, 4) is 0 Å². The van der Waals surface area contributed by atoms with Crippen molar-refractivity contribution in [2.45, 2.75) is 64.9 Å². The van der Waals surface area contributed by atoms with E-state index in [1.165, 1.54) is 6.07 Å². The van der Waals surface area contributed by atoms with Crippen molar-refractivity contribution >= 4 is 5.91 Å². The lowest BCUT2D eigenvalue weighted by Crippen LogP contribution is -2.48. The predicted octanol–water partition coefficient (Wildman–Crippen LogP) is 2.20. The molecule has 0 saturated carbocycles.